The van der Waals surface area contributed by atoms with Gasteiger partial charge in [0, 0.05) is 11.4 Å². The van der Waals surface area contributed by atoms with E-state index >= 15 is 0 Å². The predicted molar refractivity (Wildman–Crippen MR) is 89.0 cm³/mol. The Morgan fingerprint density at radius 2 is 0.773 bits per heavy atom. The zero-order valence-corrected chi connectivity index (χ0v) is 12.9. The van der Waals surface area contributed by atoms with Gasteiger partial charge in [0.25, 0.3) is 0 Å². The molecule has 4 N–H and O–H groups in total. The van der Waals surface area contributed by atoms with Crippen LogP contribution in [0.4, 0.5) is 0 Å². The van der Waals surface area contributed by atoms with Gasteiger partial charge in [-0.15, -0.1) is 10.2 Å². The van der Waals surface area contributed by atoms with Crippen LogP contribution in [-0.2, 0) is 0 Å². The molecule has 4 saturated carbocycles. The average Bonchev–Trinajstić information content (AvgIpc) is 3.38. The molecule has 0 amide bonds. The quantitative estimate of drug-likeness (QED) is 0.445. The van der Waals surface area contributed by atoms with Crippen molar-refractivity contribution in [1.29, 1.82) is 0 Å². The highest BCUT2D eigenvalue weighted by atomic mass is 15.3. The van der Waals surface area contributed by atoms with Gasteiger partial charge in [0.15, 0.2) is 11.7 Å². The van der Waals surface area contributed by atoms with Gasteiger partial charge >= 0.3 is 0 Å². The number of hydrogen-bond acceptors (Lipinski definition) is 4. The first kappa shape index (κ1) is 13.9. The maximum absolute atomic E-state index is 5.89. The second kappa shape index (κ2) is 5.48. The van der Waals surface area contributed by atoms with Crippen molar-refractivity contribution in [2.45, 2.75) is 51.4 Å². The number of hydrogen-bond donors (Lipinski definition) is 2. The van der Waals surface area contributed by atoms with Crippen LogP contribution in [0.25, 0.3) is 0 Å². The first-order chi connectivity index (χ1) is 10.7. The van der Waals surface area contributed by atoms with E-state index in [1.807, 2.05) is 0 Å². The summed E-state index contributed by atoms with van der Waals surface area (Å²) in [6.45, 7) is 0. The Labute approximate surface area is 130 Å². The summed E-state index contributed by atoms with van der Waals surface area (Å²) in [6.07, 6.45) is 9.93. The Balaban J connectivity index is 1.45. The molecular weight excluding hydrogens is 276 g/mol. The van der Waals surface area contributed by atoms with E-state index in [1.165, 1.54) is 62.8 Å². The summed E-state index contributed by atoms with van der Waals surface area (Å²) in [4.78, 5) is 0. The van der Waals surface area contributed by atoms with Crippen molar-refractivity contribution < 1.29 is 0 Å². The van der Waals surface area contributed by atoms with Crippen LogP contribution < -0.4 is 11.5 Å². The molecule has 4 aliphatic rings. The van der Waals surface area contributed by atoms with Gasteiger partial charge in [0.1, 0.15) is 0 Å². The molecule has 0 saturated heterocycles. The van der Waals surface area contributed by atoms with E-state index in [1.54, 1.807) is 0 Å². The Kier molecular flexibility index (Phi) is 3.47. The molecule has 0 radical (unpaired) electrons. The van der Waals surface area contributed by atoms with Gasteiger partial charge in [-0.3, -0.25) is 0 Å². The summed E-state index contributed by atoms with van der Waals surface area (Å²) in [5.74, 6) is 2.92. The van der Waals surface area contributed by atoms with Gasteiger partial charge < -0.3 is 11.5 Å². The van der Waals surface area contributed by atoms with Crippen LogP contribution >= 0.6 is 0 Å². The van der Waals surface area contributed by atoms with Crippen molar-refractivity contribution in [2.24, 2.45) is 55.5 Å². The summed E-state index contributed by atoms with van der Waals surface area (Å²) < 4.78 is 0. The average molecular weight is 300 g/mol. The van der Waals surface area contributed by atoms with E-state index in [-0.39, 0.29) is 11.7 Å². The SMILES string of the molecule is NC(=N\N=C(C1CC1)C1CC1)/C(N)=N\N=C(C1CC1)C1CC1. The molecule has 0 heterocycles. The third kappa shape index (κ3) is 3.36. The molecule has 0 spiro atoms. The van der Waals surface area contributed by atoms with Gasteiger partial charge in [-0.2, -0.15) is 10.2 Å². The van der Waals surface area contributed by atoms with Crippen molar-refractivity contribution in [3.05, 3.63) is 0 Å². The van der Waals surface area contributed by atoms with E-state index in [0.717, 1.165) is 0 Å². The van der Waals surface area contributed by atoms with E-state index in [9.17, 15) is 0 Å². The van der Waals surface area contributed by atoms with Crippen LogP contribution in [0.15, 0.2) is 20.4 Å². The first-order valence-electron chi connectivity index (χ1n) is 8.54. The van der Waals surface area contributed by atoms with E-state index < -0.39 is 0 Å². The lowest BCUT2D eigenvalue weighted by atomic mass is 10.2. The number of amidine groups is 2. The molecule has 0 unspecified atom stereocenters. The van der Waals surface area contributed by atoms with Crippen LogP contribution in [0.5, 0.6) is 0 Å². The molecule has 4 rings (SSSR count). The molecular formula is C16H24N6. The molecule has 6 heteroatoms. The number of nitrogens with zero attached hydrogens (tertiary/aromatic N) is 4. The highest BCUT2D eigenvalue weighted by molar-refractivity contribution is 6.39. The van der Waals surface area contributed by atoms with Crippen molar-refractivity contribution in [1.82, 2.24) is 0 Å². The largest absolute Gasteiger partial charge is 0.379 e. The molecule has 0 aliphatic heterocycles. The molecule has 0 aromatic carbocycles. The molecule has 6 nitrogen and oxygen atoms in total. The molecule has 118 valence electrons. The van der Waals surface area contributed by atoms with Gasteiger partial charge in [0.05, 0.1) is 0 Å². The van der Waals surface area contributed by atoms with Crippen molar-refractivity contribution in [2.75, 3.05) is 0 Å². The smallest absolute Gasteiger partial charge is 0.190 e. The van der Waals surface area contributed by atoms with Crippen LogP contribution in [0, 0.1) is 23.7 Å². The van der Waals surface area contributed by atoms with Gasteiger partial charge in [-0.1, -0.05) is 0 Å². The predicted octanol–water partition coefficient (Wildman–Crippen LogP) is 2.05. The second-order valence-corrected chi connectivity index (χ2v) is 7.12. The maximum atomic E-state index is 5.89. The molecule has 0 atom stereocenters. The molecule has 0 aromatic heterocycles. The number of rotatable bonds is 6. The highest BCUT2D eigenvalue weighted by Gasteiger charge is 2.39. The minimum absolute atomic E-state index is 0.188. The van der Waals surface area contributed by atoms with Crippen LogP contribution in [-0.4, -0.2) is 23.1 Å². The standard InChI is InChI=1S/C16H24N6/c17-15(21-19-13(9-1-2-9)10-3-4-10)16(18)22-20-14(11-5-6-11)12-7-8-12/h9-12H,1-8H2,(H2,17,21)(H2,18,22). The first-order valence-corrected chi connectivity index (χ1v) is 8.54. The Hall–Kier alpha value is -1.72. The molecule has 0 bridgehead atoms. The van der Waals surface area contributed by atoms with E-state index in [0.29, 0.717) is 23.7 Å². The summed E-state index contributed by atoms with van der Waals surface area (Å²) in [6, 6.07) is 0. The van der Waals surface area contributed by atoms with Crippen LogP contribution in [0.2, 0.25) is 0 Å². The topological polar surface area (TPSA) is 101 Å². The van der Waals surface area contributed by atoms with E-state index in [4.69, 9.17) is 11.5 Å². The summed E-state index contributed by atoms with van der Waals surface area (Å²) in [5.41, 5.74) is 14.2. The number of nitrogens with two attached hydrogens (primary N) is 2. The highest BCUT2D eigenvalue weighted by Crippen LogP contribution is 2.43. The van der Waals surface area contributed by atoms with Gasteiger partial charge in [0.2, 0.25) is 0 Å². The molecule has 4 fully saturated rings. The van der Waals surface area contributed by atoms with E-state index in [2.05, 4.69) is 20.4 Å². The van der Waals surface area contributed by atoms with Crippen molar-refractivity contribution in [3.8, 4) is 0 Å². The lowest BCUT2D eigenvalue weighted by Crippen LogP contribution is -2.31. The summed E-state index contributed by atoms with van der Waals surface area (Å²) in [5, 5.41) is 16.9. The normalized spacial score (nSPS) is 25.8. The fourth-order valence-electron chi connectivity index (χ4n) is 2.84. The van der Waals surface area contributed by atoms with Gasteiger partial charge in [-0.25, -0.2) is 0 Å². The maximum Gasteiger partial charge on any atom is 0.190 e. The Bertz CT molecular complexity index is 491. The molecule has 0 aromatic rings. The zero-order valence-electron chi connectivity index (χ0n) is 12.9. The lowest BCUT2D eigenvalue weighted by Gasteiger charge is -2.01. The third-order valence-corrected chi connectivity index (χ3v) is 4.79. The molecule has 22 heavy (non-hydrogen) atoms. The van der Waals surface area contributed by atoms with Crippen LogP contribution in [0.1, 0.15) is 51.4 Å². The van der Waals surface area contributed by atoms with Gasteiger partial charge in [-0.05, 0) is 75.0 Å². The Morgan fingerprint density at radius 3 is 1.00 bits per heavy atom. The van der Waals surface area contributed by atoms with Crippen LogP contribution in [0.3, 0.4) is 0 Å². The summed E-state index contributed by atoms with van der Waals surface area (Å²) >= 11 is 0. The van der Waals surface area contributed by atoms with Crippen molar-refractivity contribution >= 4 is 23.1 Å². The third-order valence-electron chi connectivity index (χ3n) is 4.79. The minimum atomic E-state index is 0.188. The second-order valence-electron chi connectivity index (χ2n) is 7.12. The summed E-state index contributed by atoms with van der Waals surface area (Å²) in [7, 11) is 0. The fourth-order valence-corrected chi connectivity index (χ4v) is 2.84. The van der Waals surface area contributed by atoms with Crippen molar-refractivity contribution in [3.63, 3.8) is 0 Å². The molecule has 4 aliphatic carbocycles. The monoisotopic (exact) mass is 300 g/mol. The minimum Gasteiger partial charge on any atom is -0.379 e. The fraction of sp³-hybridized carbons (Fsp3) is 0.750. The lowest BCUT2D eigenvalue weighted by molar-refractivity contribution is 1.00. The Morgan fingerprint density at radius 1 is 0.500 bits per heavy atom. The zero-order chi connectivity index (χ0) is 15.1.